The molecule has 0 spiro atoms. The lowest BCUT2D eigenvalue weighted by Crippen LogP contribution is -2.38. The minimum atomic E-state index is -0.379. The van der Waals surface area contributed by atoms with Gasteiger partial charge in [-0.25, -0.2) is 4.99 Å². The molecule has 1 aromatic carbocycles. The zero-order chi connectivity index (χ0) is 13.8. The van der Waals surface area contributed by atoms with E-state index in [0.717, 1.165) is 5.56 Å². The Balaban J connectivity index is 2.47. The first kappa shape index (κ1) is 12.8. The molecule has 0 amide bonds. The van der Waals surface area contributed by atoms with E-state index in [0.29, 0.717) is 17.2 Å². The molecule has 5 heteroatoms. The maximum absolute atomic E-state index is 11.8. The van der Waals surface area contributed by atoms with Crippen LogP contribution in [-0.4, -0.2) is 11.7 Å². The van der Waals surface area contributed by atoms with Crippen LogP contribution in [0.4, 0.5) is 0 Å². The third-order valence-corrected chi connectivity index (χ3v) is 2.91. The lowest BCUT2D eigenvalue weighted by atomic mass is 9.94. The van der Waals surface area contributed by atoms with Gasteiger partial charge in [0.1, 0.15) is 6.04 Å². The molecule has 0 fully saturated rings. The Morgan fingerprint density at radius 1 is 1.42 bits per heavy atom. The number of nitrogens with one attached hydrogen (secondary N) is 2. The Morgan fingerprint density at radius 3 is 2.68 bits per heavy atom. The van der Waals surface area contributed by atoms with Gasteiger partial charge in [-0.05, 0) is 19.4 Å². The molecule has 1 heterocycles. The van der Waals surface area contributed by atoms with E-state index in [2.05, 4.69) is 15.6 Å². The van der Waals surface area contributed by atoms with Crippen molar-refractivity contribution in [2.75, 3.05) is 0 Å². The van der Waals surface area contributed by atoms with Gasteiger partial charge in [0.2, 0.25) is 5.96 Å². The number of carbonyl (C=O) groups excluding carboxylic acids is 1. The van der Waals surface area contributed by atoms with Gasteiger partial charge < -0.3 is 5.32 Å². The Bertz CT molecular complexity index is 596. The molecule has 5 nitrogen and oxygen atoms in total. The van der Waals surface area contributed by atoms with E-state index >= 15 is 0 Å². The van der Waals surface area contributed by atoms with Crippen LogP contribution in [0.25, 0.3) is 0 Å². The van der Waals surface area contributed by atoms with Gasteiger partial charge in [0.05, 0.1) is 0 Å². The SMILES string of the molecule is CC(=O)C1=C(C)NC(NC#N)=NC1c1ccccc1. The molecule has 0 aromatic heterocycles. The molecule has 0 bridgehead atoms. The summed E-state index contributed by atoms with van der Waals surface area (Å²) in [7, 11) is 0. The molecule has 0 radical (unpaired) electrons. The summed E-state index contributed by atoms with van der Waals surface area (Å²) in [5, 5.41) is 14.1. The van der Waals surface area contributed by atoms with E-state index in [1.165, 1.54) is 6.92 Å². The second-order valence-corrected chi connectivity index (χ2v) is 4.25. The summed E-state index contributed by atoms with van der Waals surface area (Å²) < 4.78 is 0. The van der Waals surface area contributed by atoms with Crippen molar-refractivity contribution in [3.8, 4) is 6.19 Å². The average molecular weight is 254 g/mol. The fourth-order valence-electron chi connectivity index (χ4n) is 2.13. The first-order valence-corrected chi connectivity index (χ1v) is 5.90. The van der Waals surface area contributed by atoms with Crippen LogP contribution in [0.1, 0.15) is 25.5 Å². The predicted octanol–water partition coefficient (Wildman–Crippen LogP) is 1.62. The number of allylic oxidation sites excluding steroid dienone is 1. The highest BCUT2D eigenvalue weighted by Crippen LogP contribution is 2.30. The van der Waals surface area contributed by atoms with Crippen LogP contribution >= 0.6 is 0 Å². The Kier molecular flexibility index (Phi) is 3.62. The van der Waals surface area contributed by atoms with Crippen LogP contribution in [0, 0.1) is 11.5 Å². The molecule has 0 saturated carbocycles. The quantitative estimate of drug-likeness (QED) is 0.621. The molecule has 1 aromatic rings. The van der Waals surface area contributed by atoms with Crippen LogP contribution in [0.3, 0.4) is 0 Å². The van der Waals surface area contributed by atoms with Crippen LogP contribution in [0.2, 0.25) is 0 Å². The molecular weight excluding hydrogens is 240 g/mol. The summed E-state index contributed by atoms with van der Waals surface area (Å²) in [5.74, 6) is 0.331. The summed E-state index contributed by atoms with van der Waals surface area (Å²) in [5.41, 5.74) is 2.26. The van der Waals surface area contributed by atoms with Gasteiger partial charge in [0.25, 0.3) is 0 Å². The van der Waals surface area contributed by atoms with Crippen molar-refractivity contribution in [3.05, 3.63) is 47.2 Å². The largest absolute Gasteiger partial charge is 0.329 e. The van der Waals surface area contributed by atoms with E-state index in [1.54, 1.807) is 6.92 Å². The van der Waals surface area contributed by atoms with Crippen molar-refractivity contribution >= 4 is 11.7 Å². The monoisotopic (exact) mass is 254 g/mol. The van der Waals surface area contributed by atoms with Crippen molar-refractivity contribution in [2.24, 2.45) is 4.99 Å². The number of rotatable bonds is 2. The number of benzene rings is 1. The highest BCUT2D eigenvalue weighted by atomic mass is 16.1. The van der Waals surface area contributed by atoms with Crippen molar-refractivity contribution in [1.29, 1.82) is 5.26 Å². The molecule has 0 aliphatic carbocycles. The van der Waals surface area contributed by atoms with Crippen LogP contribution < -0.4 is 10.6 Å². The van der Waals surface area contributed by atoms with Crippen molar-refractivity contribution < 1.29 is 4.79 Å². The number of hydrogen-bond donors (Lipinski definition) is 2. The minimum absolute atomic E-state index is 0.0291. The highest BCUT2D eigenvalue weighted by Gasteiger charge is 2.26. The van der Waals surface area contributed by atoms with Crippen LogP contribution in [-0.2, 0) is 4.79 Å². The smallest absolute Gasteiger partial charge is 0.209 e. The van der Waals surface area contributed by atoms with Crippen LogP contribution in [0.15, 0.2) is 46.6 Å². The number of nitrogens with zero attached hydrogens (tertiary/aromatic N) is 2. The summed E-state index contributed by atoms with van der Waals surface area (Å²) in [6.07, 6.45) is 1.82. The number of guanidine groups is 1. The van der Waals surface area contributed by atoms with Crippen molar-refractivity contribution in [2.45, 2.75) is 19.9 Å². The zero-order valence-corrected chi connectivity index (χ0v) is 10.8. The molecule has 1 aliphatic rings. The fraction of sp³-hybridized carbons (Fsp3) is 0.214. The minimum Gasteiger partial charge on any atom is -0.329 e. The van der Waals surface area contributed by atoms with Gasteiger partial charge in [-0.2, -0.15) is 5.26 Å². The van der Waals surface area contributed by atoms with Gasteiger partial charge >= 0.3 is 0 Å². The predicted molar refractivity (Wildman–Crippen MR) is 71.9 cm³/mol. The third kappa shape index (κ3) is 2.63. The summed E-state index contributed by atoms with van der Waals surface area (Å²) in [4.78, 5) is 16.2. The second-order valence-electron chi connectivity index (χ2n) is 4.25. The molecule has 2 rings (SSSR count). The molecule has 1 aliphatic heterocycles. The van der Waals surface area contributed by atoms with E-state index < -0.39 is 0 Å². The number of ketones is 1. The van der Waals surface area contributed by atoms with Gasteiger partial charge in [-0.1, -0.05) is 30.3 Å². The lowest BCUT2D eigenvalue weighted by molar-refractivity contribution is -0.113. The fourth-order valence-corrected chi connectivity index (χ4v) is 2.13. The topological polar surface area (TPSA) is 77.3 Å². The summed E-state index contributed by atoms with van der Waals surface area (Å²) in [6, 6.07) is 9.16. The zero-order valence-electron chi connectivity index (χ0n) is 10.8. The van der Waals surface area contributed by atoms with E-state index in [-0.39, 0.29) is 11.8 Å². The maximum Gasteiger partial charge on any atom is 0.209 e. The normalized spacial score (nSPS) is 18.2. The lowest BCUT2D eigenvalue weighted by Gasteiger charge is -2.25. The van der Waals surface area contributed by atoms with Gasteiger partial charge in [0, 0.05) is 11.3 Å². The van der Waals surface area contributed by atoms with Gasteiger partial charge in [0.15, 0.2) is 12.0 Å². The van der Waals surface area contributed by atoms with Crippen molar-refractivity contribution in [1.82, 2.24) is 10.6 Å². The number of nitriles is 1. The Morgan fingerprint density at radius 2 is 2.11 bits per heavy atom. The maximum atomic E-state index is 11.8. The molecule has 1 atom stereocenters. The molecule has 19 heavy (non-hydrogen) atoms. The Labute approximate surface area is 111 Å². The number of carbonyl (C=O) groups is 1. The number of hydrogen-bond acceptors (Lipinski definition) is 5. The third-order valence-electron chi connectivity index (χ3n) is 2.91. The summed E-state index contributed by atoms with van der Waals surface area (Å²) in [6.45, 7) is 3.33. The molecule has 1 unspecified atom stereocenters. The van der Waals surface area contributed by atoms with Crippen LogP contribution in [0.5, 0.6) is 0 Å². The molecule has 2 N–H and O–H groups in total. The average Bonchev–Trinajstić information content (AvgIpc) is 2.39. The van der Waals surface area contributed by atoms with Gasteiger partial charge in [-0.15, -0.1) is 0 Å². The second kappa shape index (κ2) is 5.36. The Hall–Kier alpha value is -2.61. The number of aliphatic imine (C=N–C) groups is 1. The first-order valence-electron chi connectivity index (χ1n) is 5.90. The van der Waals surface area contributed by atoms with E-state index in [1.807, 2.05) is 36.5 Å². The molecule has 0 saturated heterocycles. The molecular formula is C14H14N4O. The first-order chi connectivity index (χ1) is 9.13. The standard InChI is InChI=1S/C14H14N4O/c1-9-12(10(2)19)13(11-6-4-3-5-7-11)18-14(17-9)16-8-15/h3-7,13H,1-2H3,(H2,16,17,18). The highest BCUT2D eigenvalue weighted by molar-refractivity contribution is 5.98. The van der Waals surface area contributed by atoms with E-state index in [9.17, 15) is 4.79 Å². The van der Waals surface area contributed by atoms with E-state index in [4.69, 9.17) is 5.26 Å². The number of Topliss-reactive ketones (excluding diaryl/α,β-unsaturated/α-hetero) is 1. The van der Waals surface area contributed by atoms with Gasteiger partial charge in [-0.3, -0.25) is 10.1 Å². The molecule has 96 valence electrons. The van der Waals surface area contributed by atoms with Crippen molar-refractivity contribution in [3.63, 3.8) is 0 Å². The summed E-state index contributed by atoms with van der Waals surface area (Å²) >= 11 is 0.